The van der Waals surface area contributed by atoms with E-state index in [2.05, 4.69) is 257 Å². The molecular weight excluding hydrogens is 1520 g/mol. The van der Waals surface area contributed by atoms with Crippen LogP contribution >= 0.6 is 0 Å². The summed E-state index contributed by atoms with van der Waals surface area (Å²) in [6, 6.07) is 145. The molecule has 16 aromatic carbocycles. The maximum atomic E-state index is 5.73. The molecule has 23 rings (SSSR count). The third kappa shape index (κ3) is 13.2. The highest BCUT2D eigenvalue weighted by atomic mass is 15.2. The van der Waals surface area contributed by atoms with Gasteiger partial charge in [0.25, 0.3) is 6.71 Å². The molecule has 7 heterocycles. The second-order valence-electron chi connectivity index (χ2n) is 30.9. The molecule has 14 nitrogen and oxygen atoms in total. The molecule has 0 radical (unpaired) electrons. The fraction of sp³-hybridized carbons (Fsp3) is 0. The lowest BCUT2D eigenvalue weighted by atomic mass is 9.33. The average Bonchev–Trinajstić information content (AvgIpc) is 0.816. The number of benzene rings is 16. The molecule has 0 amide bonds. The van der Waals surface area contributed by atoms with E-state index in [9.17, 15) is 0 Å². The summed E-state index contributed by atoms with van der Waals surface area (Å²) in [4.78, 5) is 64.1. The first kappa shape index (κ1) is 72.3. The Labute approximate surface area is 715 Å². The van der Waals surface area contributed by atoms with E-state index in [1.165, 1.54) is 16.4 Å². The van der Waals surface area contributed by atoms with Crippen molar-refractivity contribution in [3.63, 3.8) is 0 Å². The highest BCUT2D eigenvalue weighted by Crippen LogP contribution is 2.48. The Bertz CT molecular complexity index is 7180. The minimum absolute atomic E-state index is 0.0339. The number of para-hydroxylation sites is 4. The van der Waals surface area contributed by atoms with E-state index in [-0.39, 0.29) is 6.71 Å². The normalized spacial score (nSPS) is 12.0. The lowest BCUT2D eigenvalue weighted by molar-refractivity contribution is 1.06. The maximum Gasteiger partial charge on any atom is 0.252 e. The standard InChI is InChI=1S/C109H69BN14/c1-10-32-71(33-11-1)90-69-91(72-34-12-2-13-35-72)112-106(111-90)81-60-63-94(124-92-61-58-79(107-116-100(73-36-14-3-15-37-73)113-101(117-107)74-38-16-4-17-39-74)64-85(92)86-65-80(59-62-93(86)124)108-118-102(75-40-18-5-19-41-75)114-103(119-108)76-42-20-6-21-43-76)87(66-81)109-120-104(77-44-22-7-23-45-77)115-105(121-109)78-56-54-70(55-57-78)82-67-97-99-98(68-82)123(84-48-26-9-27-49-84)96-53-31-29-51-89(96)110(99)88-50-28-30-52-95(88)122(97)83-46-24-8-25-47-83/h1-69H. The molecule has 124 heavy (non-hydrogen) atoms. The lowest BCUT2D eigenvalue weighted by Gasteiger charge is -2.44. The smallest absolute Gasteiger partial charge is 0.252 e. The van der Waals surface area contributed by atoms with Gasteiger partial charge in [0.1, 0.15) is 0 Å². The summed E-state index contributed by atoms with van der Waals surface area (Å²) in [5, 5.41) is 1.80. The second kappa shape index (κ2) is 30.8. The number of rotatable bonds is 16. The summed E-state index contributed by atoms with van der Waals surface area (Å²) in [5.74, 6) is 5.12. The Morgan fingerprint density at radius 2 is 0.460 bits per heavy atom. The molecule has 0 saturated carbocycles. The first-order valence-corrected chi connectivity index (χ1v) is 41.4. The molecule has 0 bridgehead atoms. The van der Waals surface area contributed by atoms with Gasteiger partial charge in [0.2, 0.25) is 0 Å². The molecule has 15 heteroatoms. The topological polar surface area (TPSA) is 153 Å². The Kier molecular flexibility index (Phi) is 18.0. The zero-order chi connectivity index (χ0) is 82.0. The summed E-state index contributed by atoms with van der Waals surface area (Å²) in [6.07, 6.45) is 0. The monoisotopic (exact) mass is 1580 g/mol. The number of nitrogens with zero attached hydrogens (tertiary/aromatic N) is 14. The Morgan fingerprint density at radius 3 is 0.839 bits per heavy atom. The van der Waals surface area contributed by atoms with Crippen LogP contribution in [0.2, 0.25) is 0 Å². The Morgan fingerprint density at radius 1 is 0.177 bits per heavy atom. The molecule has 578 valence electrons. The van der Waals surface area contributed by atoms with Crippen molar-refractivity contribution in [1.82, 2.24) is 59.4 Å². The molecule has 0 fully saturated rings. The quantitative estimate of drug-likeness (QED) is 0.0844. The number of fused-ring (bicyclic) bond motifs is 7. The highest BCUT2D eigenvalue weighted by Gasteiger charge is 2.44. The van der Waals surface area contributed by atoms with E-state index >= 15 is 0 Å². The first-order valence-electron chi connectivity index (χ1n) is 41.4. The van der Waals surface area contributed by atoms with E-state index in [0.29, 0.717) is 63.8 Å². The number of hydrogen-bond acceptors (Lipinski definition) is 13. The zero-order valence-corrected chi connectivity index (χ0v) is 66.7. The van der Waals surface area contributed by atoms with Crippen LogP contribution in [0, 0.1) is 0 Å². The van der Waals surface area contributed by atoms with Crippen LogP contribution in [0.4, 0.5) is 34.1 Å². The molecule has 2 aliphatic heterocycles. The summed E-state index contributed by atoms with van der Waals surface area (Å²) < 4.78 is 2.31. The minimum Gasteiger partial charge on any atom is -0.311 e. The molecule has 0 N–H and O–H groups in total. The first-order chi connectivity index (χ1) is 61.4. The van der Waals surface area contributed by atoms with Crippen molar-refractivity contribution in [2.75, 3.05) is 9.80 Å². The molecule has 0 unspecified atom stereocenters. The largest absolute Gasteiger partial charge is 0.311 e. The summed E-state index contributed by atoms with van der Waals surface area (Å²) >= 11 is 0. The van der Waals surface area contributed by atoms with Crippen LogP contribution in [0.5, 0.6) is 0 Å². The predicted octanol–water partition coefficient (Wildman–Crippen LogP) is 23.9. The number of aromatic nitrogens is 12. The predicted molar refractivity (Wildman–Crippen MR) is 501 cm³/mol. The Hall–Kier alpha value is -16.9. The molecule has 0 saturated heterocycles. The van der Waals surface area contributed by atoms with Crippen LogP contribution in [0.1, 0.15) is 0 Å². The van der Waals surface area contributed by atoms with Crippen LogP contribution in [0.15, 0.2) is 419 Å². The van der Waals surface area contributed by atoms with E-state index in [1.807, 2.05) is 176 Å². The van der Waals surface area contributed by atoms with Crippen molar-refractivity contribution in [1.29, 1.82) is 0 Å². The van der Waals surface area contributed by atoms with E-state index in [4.69, 9.17) is 54.8 Å². The van der Waals surface area contributed by atoms with Gasteiger partial charge in [0, 0.05) is 112 Å². The van der Waals surface area contributed by atoms with Gasteiger partial charge in [0.05, 0.1) is 28.1 Å². The van der Waals surface area contributed by atoms with Gasteiger partial charge in [-0.15, -0.1) is 0 Å². The van der Waals surface area contributed by atoms with Crippen LogP contribution in [0.25, 0.3) is 175 Å². The average molecular weight is 1590 g/mol. The lowest BCUT2D eigenvalue weighted by Crippen LogP contribution is -2.61. The molecule has 0 atom stereocenters. The summed E-state index contributed by atoms with van der Waals surface area (Å²) in [7, 11) is 0. The Balaban J connectivity index is 0.747. The maximum absolute atomic E-state index is 5.73. The van der Waals surface area contributed by atoms with Crippen molar-refractivity contribution in [2.24, 2.45) is 0 Å². The molecule has 0 aliphatic carbocycles. The minimum atomic E-state index is -0.0339. The van der Waals surface area contributed by atoms with Gasteiger partial charge in [-0.25, -0.2) is 54.8 Å². The fourth-order valence-electron chi connectivity index (χ4n) is 17.5. The van der Waals surface area contributed by atoms with Crippen molar-refractivity contribution < 1.29 is 0 Å². The van der Waals surface area contributed by atoms with Gasteiger partial charge in [-0.05, 0) is 137 Å². The van der Waals surface area contributed by atoms with E-state index < -0.39 is 0 Å². The van der Waals surface area contributed by atoms with Crippen molar-refractivity contribution in [3.05, 3.63) is 419 Å². The van der Waals surface area contributed by atoms with Crippen molar-refractivity contribution in [3.8, 4) is 153 Å². The van der Waals surface area contributed by atoms with Crippen LogP contribution in [0.3, 0.4) is 0 Å². The molecule has 0 spiro atoms. The molecule has 21 aromatic rings. The number of hydrogen-bond donors (Lipinski definition) is 0. The summed E-state index contributed by atoms with van der Waals surface area (Å²) in [6.45, 7) is -0.0339. The van der Waals surface area contributed by atoms with Crippen molar-refractivity contribution in [2.45, 2.75) is 0 Å². The second-order valence-corrected chi connectivity index (χ2v) is 30.9. The van der Waals surface area contributed by atoms with Gasteiger partial charge in [0.15, 0.2) is 58.2 Å². The van der Waals surface area contributed by atoms with Gasteiger partial charge >= 0.3 is 0 Å². The molecular formula is C109H69BN14. The van der Waals surface area contributed by atoms with E-state index in [0.717, 1.165) is 145 Å². The number of anilines is 6. The third-order valence-corrected chi connectivity index (χ3v) is 23.3. The fourth-order valence-corrected chi connectivity index (χ4v) is 17.5. The zero-order valence-electron chi connectivity index (χ0n) is 66.7. The highest BCUT2D eigenvalue weighted by molar-refractivity contribution is 7.00. The van der Waals surface area contributed by atoms with Crippen molar-refractivity contribution >= 4 is 79.0 Å². The van der Waals surface area contributed by atoms with Gasteiger partial charge < -0.3 is 14.4 Å². The molecule has 5 aromatic heterocycles. The SMILES string of the molecule is c1ccc(-c2cc(-c3ccccc3)nc(-c3ccc(-n4c5ccc(-c6nc(-c7ccccc7)nc(-c7ccccc7)n6)cc5c5cc(-c6nc(-c7ccccc7)nc(-c7ccccc7)n6)ccc54)c(-c4nc(-c5ccccc5)nc(-c5ccc(-c6cc7c8c(c6)N(c6ccccc6)c6ccccc6B8c6ccccc6N7c6ccccc6)cc5)n4)c3)n2)cc1. The van der Waals surface area contributed by atoms with Gasteiger partial charge in [-0.1, -0.05) is 309 Å². The van der Waals surface area contributed by atoms with E-state index in [1.54, 1.807) is 0 Å². The molecule has 2 aliphatic rings. The third-order valence-electron chi connectivity index (χ3n) is 23.3. The summed E-state index contributed by atoms with van der Waals surface area (Å²) in [5.41, 5.74) is 26.5. The van der Waals surface area contributed by atoms with Crippen LogP contribution in [-0.4, -0.2) is 66.1 Å². The van der Waals surface area contributed by atoms with Crippen LogP contribution in [-0.2, 0) is 0 Å². The van der Waals surface area contributed by atoms with Crippen LogP contribution < -0.4 is 26.2 Å². The van der Waals surface area contributed by atoms with Gasteiger partial charge in [-0.2, -0.15) is 0 Å². The van der Waals surface area contributed by atoms with Gasteiger partial charge in [-0.3, -0.25) is 0 Å².